The minimum atomic E-state index is -0.307. The van der Waals surface area contributed by atoms with Crippen molar-refractivity contribution in [3.8, 4) is 0 Å². The fraction of sp³-hybridized carbons (Fsp3) is 0.429. The number of hydrogen-bond acceptors (Lipinski definition) is 4. The largest absolute Gasteiger partial charge is 0.342 e. The Morgan fingerprint density at radius 2 is 1.37 bits per heavy atom. The number of piperidine rings is 1. The summed E-state index contributed by atoms with van der Waals surface area (Å²) in [4.78, 5) is 56.6. The number of imide groups is 1. The summed E-state index contributed by atoms with van der Waals surface area (Å²) < 4.78 is 0. The second-order valence-electron chi connectivity index (χ2n) is 9.75. The quantitative estimate of drug-likeness (QED) is 0.634. The van der Waals surface area contributed by atoms with Gasteiger partial charge in [0.05, 0.1) is 17.7 Å². The maximum atomic E-state index is 13.2. The van der Waals surface area contributed by atoms with E-state index in [2.05, 4.69) is 0 Å². The van der Waals surface area contributed by atoms with Crippen molar-refractivity contribution in [3.63, 3.8) is 0 Å². The molecule has 0 aliphatic carbocycles. The predicted molar refractivity (Wildman–Crippen MR) is 131 cm³/mol. The van der Waals surface area contributed by atoms with Crippen molar-refractivity contribution >= 4 is 23.6 Å². The highest BCUT2D eigenvalue weighted by Gasteiger charge is 2.35. The summed E-state index contributed by atoms with van der Waals surface area (Å²) in [5.41, 5.74) is 2.11. The van der Waals surface area contributed by atoms with Gasteiger partial charge in [0, 0.05) is 37.7 Å². The summed E-state index contributed by atoms with van der Waals surface area (Å²) in [6.07, 6.45) is 5.94. The van der Waals surface area contributed by atoms with Gasteiger partial charge in [-0.05, 0) is 55.5 Å². The second-order valence-corrected chi connectivity index (χ2v) is 9.75. The van der Waals surface area contributed by atoms with Crippen LogP contribution < -0.4 is 0 Å². The monoisotopic (exact) mass is 473 g/mol. The van der Waals surface area contributed by atoms with Crippen LogP contribution >= 0.6 is 0 Å². The van der Waals surface area contributed by atoms with E-state index in [1.54, 1.807) is 42.5 Å². The molecule has 0 saturated carbocycles. The van der Waals surface area contributed by atoms with E-state index in [4.69, 9.17) is 0 Å². The van der Waals surface area contributed by atoms with Crippen LogP contribution in [0.2, 0.25) is 0 Å². The molecule has 2 fully saturated rings. The number of hydrogen-bond donors (Lipinski definition) is 0. The lowest BCUT2D eigenvalue weighted by Gasteiger charge is -2.34. The third-order valence-electron chi connectivity index (χ3n) is 7.44. The minimum absolute atomic E-state index is 0.00249. The Morgan fingerprint density at radius 3 is 2.00 bits per heavy atom. The van der Waals surface area contributed by atoms with Gasteiger partial charge in [-0.1, -0.05) is 37.1 Å². The molecule has 0 N–H and O–H groups in total. The van der Waals surface area contributed by atoms with Crippen molar-refractivity contribution in [1.82, 2.24) is 14.7 Å². The molecule has 3 heterocycles. The number of carbonyl (C=O) groups is 4. The van der Waals surface area contributed by atoms with Gasteiger partial charge in [-0.25, -0.2) is 0 Å². The van der Waals surface area contributed by atoms with E-state index >= 15 is 0 Å². The van der Waals surface area contributed by atoms with E-state index in [1.807, 2.05) is 15.9 Å². The number of benzene rings is 2. The summed E-state index contributed by atoms with van der Waals surface area (Å²) in [6.45, 7) is 2.97. The average molecular weight is 474 g/mol. The van der Waals surface area contributed by atoms with Crippen LogP contribution in [0, 0.1) is 5.92 Å². The minimum Gasteiger partial charge on any atom is -0.342 e. The summed E-state index contributed by atoms with van der Waals surface area (Å²) in [5, 5.41) is 0. The number of amides is 4. The molecule has 2 saturated heterocycles. The molecule has 4 amide bonds. The van der Waals surface area contributed by atoms with E-state index in [-0.39, 0.29) is 36.1 Å². The third kappa shape index (κ3) is 4.72. The van der Waals surface area contributed by atoms with E-state index in [9.17, 15) is 19.2 Å². The van der Waals surface area contributed by atoms with Crippen LogP contribution in [0.15, 0.2) is 48.5 Å². The highest BCUT2D eigenvalue weighted by atomic mass is 16.2. The van der Waals surface area contributed by atoms with Gasteiger partial charge in [0.15, 0.2) is 0 Å². The van der Waals surface area contributed by atoms with Gasteiger partial charge in [0.2, 0.25) is 5.91 Å². The molecule has 0 bridgehead atoms. The summed E-state index contributed by atoms with van der Waals surface area (Å²) in [5.74, 6) is -0.439. The number of rotatable bonds is 4. The van der Waals surface area contributed by atoms with Gasteiger partial charge in [0.25, 0.3) is 17.7 Å². The molecule has 0 spiro atoms. The molecule has 0 radical (unpaired) electrons. The molecule has 2 aromatic carbocycles. The summed E-state index contributed by atoms with van der Waals surface area (Å²) in [6, 6.07) is 14.0. The predicted octanol–water partition coefficient (Wildman–Crippen LogP) is 3.74. The van der Waals surface area contributed by atoms with Crippen molar-refractivity contribution in [2.24, 2.45) is 5.92 Å². The summed E-state index contributed by atoms with van der Waals surface area (Å²) in [7, 11) is 0. The Balaban J connectivity index is 1.20. The van der Waals surface area contributed by atoms with E-state index in [0.717, 1.165) is 31.5 Å². The smallest absolute Gasteiger partial charge is 0.261 e. The van der Waals surface area contributed by atoms with Crippen molar-refractivity contribution in [2.45, 2.75) is 45.1 Å². The molecule has 35 heavy (non-hydrogen) atoms. The maximum Gasteiger partial charge on any atom is 0.261 e. The van der Waals surface area contributed by atoms with Crippen LogP contribution in [-0.2, 0) is 11.3 Å². The number of carbonyl (C=O) groups excluding carboxylic acids is 4. The zero-order valence-corrected chi connectivity index (χ0v) is 19.9. The van der Waals surface area contributed by atoms with Gasteiger partial charge in [-0.15, -0.1) is 0 Å². The van der Waals surface area contributed by atoms with Crippen LogP contribution in [0.4, 0.5) is 0 Å². The first kappa shape index (κ1) is 23.3. The molecule has 182 valence electrons. The standard InChI is InChI=1S/C28H31N3O4/c32-25(29-14-5-1-2-6-15-29)21-12-16-30(17-13-21)26(33)22-9-7-8-20(18-22)19-31-27(34)23-10-3-4-11-24(23)28(31)35/h3-4,7-11,18,21H,1-2,5-6,12-17,19H2. The zero-order chi connectivity index (χ0) is 24.4. The topological polar surface area (TPSA) is 78.0 Å². The van der Waals surface area contributed by atoms with E-state index < -0.39 is 0 Å². The first-order valence-corrected chi connectivity index (χ1v) is 12.6. The lowest BCUT2D eigenvalue weighted by atomic mass is 9.94. The molecule has 3 aliphatic heterocycles. The molecule has 0 unspecified atom stereocenters. The fourth-order valence-corrected chi connectivity index (χ4v) is 5.43. The molecular formula is C28H31N3O4. The SMILES string of the molecule is O=C(c1cccc(CN2C(=O)c3ccccc3C2=O)c1)N1CCC(C(=O)N2CCCCCC2)CC1. The third-order valence-corrected chi connectivity index (χ3v) is 7.44. The zero-order valence-electron chi connectivity index (χ0n) is 19.9. The highest BCUT2D eigenvalue weighted by molar-refractivity contribution is 6.21. The van der Waals surface area contributed by atoms with E-state index in [0.29, 0.717) is 42.6 Å². The Kier molecular flexibility index (Phi) is 6.66. The molecule has 7 heteroatoms. The van der Waals surface area contributed by atoms with Crippen molar-refractivity contribution in [1.29, 1.82) is 0 Å². The fourth-order valence-electron chi connectivity index (χ4n) is 5.43. The molecule has 0 aromatic heterocycles. The normalized spacial score (nSPS) is 19.0. The van der Waals surface area contributed by atoms with Crippen LogP contribution in [-0.4, -0.2) is 64.5 Å². The Bertz CT molecular complexity index is 1110. The average Bonchev–Trinajstić information content (AvgIpc) is 3.08. The van der Waals surface area contributed by atoms with Gasteiger partial charge in [0.1, 0.15) is 0 Å². The van der Waals surface area contributed by atoms with Crippen LogP contribution in [0.25, 0.3) is 0 Å². The Morgan fingerprint density at radius 1 is 0.743 bits per heavy atom. The Labute approximate surface area is 205 Å². The molecular weight excluding hydrogens is 442 g/mol. The second kappa shape index (κ2) is 10.0. The number of fused-ring (bicyclic) bond motifs is 1. The molecule has 2 aromatic rings. The number of nitrogens with zero attached hydrogens (tertiary/aromatic N) is 3. The van der Waals surface area contributed by atoms with Crippen LogP contribution in [0.5, 0.6) is 0 Å². The lowest BCUT2D eigenvalue weighted by Crippen LogP contribution is -2.44. The first-order valence-electron chi connectivity index (χ1n) is 12.6. The molecule has 0 atom stereocenters. The van der Waals surface area contributed by atoms with Gasteiger partial charge in [-0.3, -0.25) is 24.1 Å². The lowest BCUT2D eigenvalue weighted by molar-refractivity contribution is -0.136. The first-order chi connectivity index (χ1) is 17.0. The molecule has 5 rings (SSSR count). The van der Waals surface area contributed by atoms with Crippen LogP contribution in [0.3, 0.4) is 0 Å². The van der Waals surface area contributed by atoms with Gasteiger partial charge < -0.3 is 9.80 Å². The summed E-state index contributed by atoms with van der Waals surface area (Å²) >= 11 is 0. The van der Waals surface area contributed by atoms with Gasteiger partial charge >= 0.3 is 0 Å². The molecule has 7 nitrogen and oxygen atoms in total. The maximum absolute atomic E-state index is 13.2. The van der Waals surface area contributed by atoms with Crippen molar-refractivity contribution in [3.05, 3.63) is 70.8 Å². The van der Waals surface area contributed by atoms with Crippen molar-refractivity contribution in [2.75, 3.05) is 26.2 Å². The Hall–Kier alpha value is -3.48. The molecule has 3 aliphatic rings. The van der Waals surface area contributed by atoms with Crippen LogP contribution in [0.1, 0.15) is 75.2 Å². The van der Waals surface area contributed by atoms with Gasteiger partial charge in [-0.2, -0.15) is 0 Å². The van der Waals surface area contributed by atoms with E-state index in [1.165, 1.54) is 17.7 Å². The highest BCUT2D eigenvalue weighted by Crippen LogP contribution is 2.26. The van der Waals surface area contributed by atoms with Crippen molar-refractivity contribution < 1.29 is 19.2 Å². The number of likely N-dealkylation sites (tertiary alicyclic amines) is 2.